The Morgan fingerprint density at radius 3 is 3.00 bits per heavy atom. The molecule has 128 valence electrons. The first-order chi connectivity index (χ1) is 10.3. The van der Waals surface area contributed by atoms with E-state index in [4.69, 9.17) is 10.2 Å². The highest BCUT2D eigenvalue weighted by Gasteiger charge is 2.17. The average molecular weight is 378 g/mol. The summed E-state index contributed by atoms with van der Waals surface area (Å²) in [5.41, 5.74) is 7.43. The molecule has 3 heterocycles. The monoisotopic (exact) mass is 377 g/mol. The lowest BCUT2D eigenvalue weighted by Crippen LogP contribution is -2.37. The minimum Gasteiger partial charge on any atom is -0.467 e. The van der Waals surface area contributed by atoms with Crippen molar-refractivity contribution in [2.24, 2.45) is 5.73 Å². The van der Waals surface area contributed by atoms with Crippen LogP contribution >= 0.6 is 36.2 Å². The standard InChI is InChI=1S/C15H19N3O2S.2ClH/c16-8-13-7-12(10-20-13)15(19)17-3-5-18-4-1-14-11(9-18)2-6-21-14;;/h2,6-7,10H,1,3-5,8-9,16H2,(H,17,19);2*1H. The van der Waals surface area contributed by atoms with Crippen LogP contribution in [-0.4, -0.2) is 30.4 Å². The van der Waals surface area contributed by atoms with Crippen molar-refractivity contribution in [3.63, 3.8) is 0 Å². The van der Waals surface area contributed by atoms with Crippen molar-refractivity contribution in [2.45, 2.75) is 19.5 Å². The topological polar surface area (TPSA) is 71.5 Å². The molecule has 3 N–H and O–H groups in total. The number of rotatable bonds is 5. The Balaban J connectivity index is 0.00000132. The van der Waals surface area contributed by atoms with Gasteiger partial charge in [-0.25, -0.2) is 0 Å². The highest BCUT2D eigenvalue weighted by Crippen LogP contribution is 2.23. The Morgan fingerprint density at radius 1 is 1.43 bits per heavy atom. The van der Waals surface area contributed by atoms with Crippen molar-refractivity contribution in [3.8, 4) is 0 Å². The number of carbonyl (C=O) groups excluding carboxylic acids is 1. The molecule has 0 aromatic carbocycles. The molecule has 0 fully saturated rings. The molecule has 1 aliphatic heterocycles. The lowest BCUT2D eigenvalue weighted by molar-refractivity contribution is 0.0946. The van der Waals surface area contributed by atoms with Gasteiger partial charge in [0, 0.05) is 31.1 Å². The van der Waals surface area contributed by atoms with Gasteiger partial charge in [-0.2, -0.15) is 0 Å². The SMILES string of the molecule is Cl.Cl.NCc1cc(C(=O)NCCN2CCc3sccc3C2)co1. The summed E-state index contributed by atoms with van der Waals surface area (Å²) in [4.78, 5) is 15.8. The van der Waals surface area contributed by atoms with E-state index in [0.717, 1.165) is 26.1 Å². The number of fused-ring (bicyclic) bond motifs is 1. The molecule has 0 bridgehead atoms. The largest absolute Gasteiger partial charge is 0.467 e. The molecule has 0 atom stereocenters. The summed E-state index contributed by atoms with van der Waals surface area (Å²) in [7, 11) is 0. The second kappa shape index (κ2) is 9.30. The maximum Gasteiger partial charge on any atom is 0.254 e. The molecular formula is C15H21Cl2N3O2S. The second-order valence-electron chi connectivity index (χ2n) is 5.16. The van der Waals surface area contributed by atoms with E-state index in [9.17, 15) is 4.79 Å². The maximum atomic E-state index is 11.9. The van der Waals surface area contributed by atoms with Crippen LogP contribution in [0.5, 0.6) is 0 Å². The van der Waals surface area contributed by atoms with Crippen LogP contribution in [0, 0.1) is 0 Å². The van der Waals surface area contributed by atoms with Gasteiger partial charge in [0.2, 0.25) is 0 Å². The quantitative estimate of drug-likeness (QED) is 0.839. The van der Waals surface area contributed by atoms with Crippen molar-refractivity contribution in [1.82, 2.24) is 10.2 Å². The molecule has 0 saturated heterocycles. The predicted octanol–water partition coefficient (Wildman–Crippen LogP) is 2.43. The van der Waals surface area contributed by atoms with Crippen molar-refractivity contribution in [1.29, 1.82) is 0 Å². The molecule has 0 saturated carbocycles. The van der Waals surface area contributed by atoms with Gasteiger partial charge in [-0.15, -0.1) is 36.2 Å². The molecule has 2 aromatic heterocycles. The van der Waals surface area contributed by atoms with Gasteiger partial charge in [-0.3, -0.25) is 9.69 Å². The molecule has 0 unspecified atom stereocenters. The fourth-order valence-corrected chi connectivity index (χ4v) is 3.42. The number of amides is 1. The number of carbonyl (C=O) groups is 1. The van der Waals surface area contributed by atoms with E-state index in [-0.39, 0.29) is 30.7 Å². The molecule has 0 spiro atoms. The van der Waals surface area contributed by atoms with E-state index in [2.05, 4.69) is 21.7 Å². The van der Waals surface area contributed by atoms with Gasteiger partial charge in [0.05, 0.1) is 12.1 Å². The normalized spacial score (nSPS) is 13.6. The minimum absolute atomic E-state index is 0. The summed E-state index contributed by atoms with van der Waals surface area (Å²) in [6.07, 6.45) is 2.57. The number of nitrogens with two attached hydrogens (primary N) is 1. The number of nitrogens with zero attached hydrogens (tertiary/aromatic N) is 1. The summed E-state index contributed by atoms with van der Waals surface area (Å²) in [5.74, 6) is 0.521. The first kappa shape index (κ1) is 20.0. The van der Waals surface area contributed by atoms with E-state index < -0.39 is 0 Å². The zero-order valence-electron chi connectivity index (χ0n) is 12.6. The highest BCUT2D eigenvalue weighted by molar-refractivity contribution is 7.10. The summed E-state index contributed by atoms with van der Waals surface area (Å²) in [6.45, 7) is 3.86. The van der Waals surface area contributed by atoms with Crippen molar-refractivity contribution >= 4 is 42.1 Å². The first-order valence-electron chi connectivity index (χ1n) is 7.09. The molecule has 3 rings (SSSR count). The van der Waals surface area contributed by atoms with Gasteiger partial charge in [0.1, 0.15) is 12.0 Å². The van der Waals surface area contributed by atoms with Crippen LogP contribution in [0.15, 0.2) is 28.2 Å². The molecule has 1 amide bonds. The Bertz CT molecular complexity index is 630. The van der Waals surface area contributed by atoms with Crippen LogP contribution < -0.4 is 11.1 Å². The number of hydrogen-bond acceptors (Lipinski definition) is 5. The Labute approximate surface area is 152 Å². The number of thiophene rings is 1. The van der Waals surface area contributed by atoms with Crippen LogP contribution in [0.3, 0.4) is 0 Å². The van der Waals surface area contributed by atoms with E-state index in [1.54, 1.807) is 6.07 Å². The van der Waals surface area contributed by atoms with Crippen LogP contribution in [0.1, 0.15) is 26.6 Å². The zero-order valence-corrected chi connectivity index (χ0v) is 15.1. The lowest BCUT2D eigenvalue weighted by atomic mass is 10.1. The Hall–Kier alpha value is -1.05. The van der Waals surface area contributed by atoms with Gasteiger partial charge in [0.15, 0.2) is 0 Å². The second-order valence-corrected chi connectivity index (χ2v) is 6.16. The number of halogens is 2. The third-order valence-electron chi connectivity index (χ3n) is 3.72. The number of nitrogens with one attached hydrogen (secondary N) is 1. The minimum atomic E-state index is -0.105. The van der Waals surface area contributed by atoms with Crippen LogP contribution in [0.4, 0.5) is 0 Å². The third-order valence-corrected chi connectivity index (χ3v) is 4.74. The van der Waals surface area contributed by atoms with Gasteiger partial charge in [-0.1, -0.05) is 0 Å². The molecule has 0 aliphatic carbocycles. The molecule has 5 nitrogen and oxygen atoms in total. The fraction of sp³-hybridized carbons (Fsp3) is 0.400. The van der Waals surface area contributed by atoms with E-state index in [0.29, 0.717) is 24.4 Å². The fourth-order valence-electron chi connectivity index (χ4n) is 2.53. The van der Waals surface area contributed by atoms with E-state index >= 15 is 0 Å². The predicted molar refractivity (Wildman–Crippen MR) is 96.7 cm³/mol. The number of furan rings is 1. The van der Waals surface area contributed by atoms with Crippen LogP contribution in [0.2, 0.25) is 0 Å². The average Bonchev–Trinajstić information content (AvgIpc) is 3.15. The first-order valence-corrected chi connectivity index (χ1v) is 7.97. The Kier molecular flexibility index (Phi) is 8.08. The van der Waals surface area contributed by atoms with Crippen molar-refractivity contribution in [3.05, 3.63) is 45.5 Å². The zero-order chi connectivity index (χ0) is 14.7. The van der Waals surface area contributed by atoms with Crippen molar-refractivity contribution < 1.29 is 9.21 Å². The summed E-state index contributed by atoms with van der Waals surface area (Å²) >= 11 is 1.84. The molecule has 1 aliphatic rings. The van der Waals surface area contributed by atoms with Gasteiger partial charge < -0.3 is 15.5 Å². The lowest BCUT2D eigenvalue weighted by Gasteiger charge is -2.26. The smallest absolute Gasteiger partial charge is 0.254 e. The van der Waals surface area contributed by atoms with Gasteiger partial charge in [0.25, 0.3) is 5.91 Å². The van der Waals surface area contributed by atoms with Crippen LogP contribution in [0.25, 0.3) is 0 Å². The summed E-state index contributed by atoms with van der Waals surface area (Å²) in [5, 5.41) is 5.08. The van der Waals surface area contributed by atoms with E-state index in [1.165, 1.54) is 16.7 Å². The van der Waals surface area contributed by atoms with E-state index in [1.807, 2.05) is 11.3 Å². The highest BCUT2D eigenvalue weighted by atomic mass is 35.5. The van der Waals surface area contributed by atoms with Gasteiger partial charge >= 0.3 is 0 Å². The molecule has 8 heteroatoms. The maximum absolute atomic E-state index is 11.9. The third kappa shape index (κ3) is 4.96. The van der Waals surface area contributed by atoms with Crippen molar-refractivity contribution in [2.75, 3.05) is 19.6 Å². The molecule has 0 radical (unpaired) electrons. The molecule has 23 heavy (non-hydrogen) atoms. The van der Waals surface area contributed by atoms with Gasteiger partial charge in [-0.05, 0) is 29.5 Å². The molecule has 2 aromatic rings. The number of hydrogen-bond donors (Lipinski definition) is 2. The summed E-state index contributed by atoms with van der Waals surface area (Å²) in [6, 6.07) is 3.89. The summed E-state index contributed by atoms with van der Waals surface area (Å²) < 4.78 is 5.17. The molecular weight excluding hydrogens is 357 g/mol. The van der Waals surface area contributed by atoms with Crippen LogP contribution in [-0.2, 0) is 19.5 Å². The Morgan fingerprint density at radius 2 is 2.26 bits per heavy atom.